The molecular weight excluding hydrogens is 799 g/mol. The van der Waals surface area contributed by atoms with E-state index in [0.29, 0.717) is 5.54 Å². The summed E-state index contributed by atoms with van der Waals surface area (Å²) in [5.41, 5.74) is 15.3. The summed E-state index contributed by atoms with van der Waals surface area (Å²) >= 11 is 0. The Morgan fingerprint density at radius 1 is 0.600 bits per heavy atom. The van der Waals surface area contributed by atoms with Crippen LogP contribution >= 0.6 is 0 Å². The van der Waals surface area contributed by atoms with E-state index in [2.05, 4.69) is 199 Å². The van der Waals surface area contributed by atoms with Gasteiger partial charge in [0.05, 0.1) is 24.8 Å². The van der Waals surface area contributed by atoms with Crippen LogP contribution in [0, 0.1) is 0 Å². The molecule has 0 radical (unpaired) electrons. The SMILES string of the molecule is CC(C)(C)N1CCC2=C(C=NC2)C1.CC(C)(C)c1cccc2c1C=NC2.CC(C)(C)c1ccnc2[nH]ccc12.CC(C)(C)c1cnc2[nH]ccc2c1.CC(C)(C)c1cnn2ccccc12. The van der Waals surface area contributed by atoms with Crippen LogP contribution in [-0.4, -0.2) is 72.1 Å². The molecule has 9 heterocycles. The quantitative estimate of drug-likeness (QED) is 0.158. The molecule has 0 amide bonds. The third-order valence-electron chi connectivity index (χ3n) is 12.2. The number of nitrogens with one attached hydrogen (secondary N) is 2. The topological polar surface area (TPSA) is 103 Å². The Balaban J connectivity index is 0.000000135. The summed E-state index contributed by atoms with van der Waals surface area (Å²) in [6, 6.07) is 21.1. The second-order valence-corrected chi connectivity index (χ2v) is 22.6. The molecule has 65 heavy (non-hydrogen) atoms. The predicted octanol–water partition coefficient (Wildman–Crippen LogP) is 13.1. The Labute approximate surface area is 389 Å². The van der Waals surface area contributed by atoms with Crippen LogP contribution < -0.4 is 0 Å². The number of aliphatic imine (C=N–C) groups is 2. The lowest BCUT2D eigenvalue weighted by atomic mass is 9.83. The maximum atomic E-state index is 4.35. The fourth-order valence-electron chi connectivity index (χ4n) is 8.25. The van der Waals surface area contributed by atoms with E-state index in [-0.39, 0.29) is 21.7 Å². The smallest absolute Gasteiger partial charge is 0.137 e. The summed E-state index contributed by atoms with van der Waals surface area (Å²) in [5, 5.41) is 6.72. The van der Waals surface area contributed by atoms with Crippen LogP contribution in [0.3, 0.4) is 0 Å². The lowest BCUT2D eigenvalue weighted by molar-refractivity contribution is 0.147. The van der Waals surface area contributed by atoms with Crippen molar-refractivity contribution in [2.75, 3.05) is 19.6 Å². The van der Waals surface area contributed by atoms with E-state index in [9.17, 15) is 0 Å². The Morgan fingerprint density at radius 3 is 1.98 bits per heavy atom. The second kappa shape index (κ2) is 19.4. The molecule has 0 saturated heterocycles. The number of nitrogens with zero attached hydrogens (tertiary/aromatic N) is 7. The standard InChI is InChI=1S/C12H15N.C11H14N2.C11H18N2.2C11H14N2/c1-12(2,3)11-6-4-5-9-7-13-8-10(9)11;1-11(2,3)9-5-7-13-10-8(9)4-6-12-10;1-11(2,3)13-5-4-9-6-12-7-10(9)8-13;1-11(2,3)9-6-8-4-5-12-10(8)13-7-9;1-11(2,3)9-8-12-13-7-5-4-6-10(9)13/h4-6,8H,7H2,1-3H3;4-7H,1-3H3,(H,12,13);7H,4-6,8H2,1-3H3;4-7H,1-3H3,(H,12,13);4-8H,1-3H3. The van der Waals surface area contributed by atoms with Gasteiger partial charge in [-0.15, -0.1) is 0 Å². The number of pyridine rings is 3. The molecule has 0 unspecified atom stereocenters. The Morgan fingerprint density at radius 2 is 1.29 bits per heavy atom. The summed E-state index contributed by atoms with van der Waals surface area (Å²) in [4.78, 5) is 26.0. The molecule has 9 heteroatoms. The molecule has 10 rings (SSSR count). The largest absolute Gasteiger partial charge is 0.346 e. The van der Waals surface area contributed by atoms with Crippen molar-refractivity contribution in [1.82, 2.24) is 34.4 Å². The first kappa shape index (κ1) is 48.8. The van der Waals surface area contributed by atoms with Crippen LogP contribution in [-0.2, 0) is 28.2 Å². The highest BCUT2D eigenvalue weighted by atomic mass is 15.2. The van der Waals surface area contributed by atoms with Gasteiger partial charge in [0.25, 0.3) is 0 Å². The van der Waals surface area contributed by atoms with E-state index in [1.165, 1.54) is 68.2 Å². The molecule has 0 saturated carbocycles. The molecule has 0 spiro atoms. The van der Waals surface area contributed by atoms with Crippen molar-refractivity contribution < 1.29 is 0 Å². The summed E-state index contributed by atoms with van der Waals surface area (Å²) < 4.78 is 1.92. The summed E-state index contributed by atoms with van der Waals surface area (Å²) in [6.45, 7) is 37.6. The number of hydrogen-bond donors (Lipinski definition) is 2. The van der Waals surface area contributed by atoms with E-state index < -0.39 is 0 Å². The zero-order valence-electron chi connectivity index (χ0n) is 42.1. The molecule has 344 valence electrons. The first-order valence-corrected chi connectivity index (χ1v) is 23.3. The van der Waals surface area contributed by atoms with Gasteiger partial charge in [-0.3, -0.25) is 14.9 Å². The zero-order chi connectivity index (χ0) is 47.4. The average Bonchev–Trinajstić information content (AvgIpc) is 4.08. The summed E-state index contributed by atoms with van der Waals surface area (Å²) in [7, 11) is 0. The zero-order valence-corrected chi connectivity index (χ0v) is 42.1. The molecule has 6 aromatic heterocycles. The molecule has 1 aromatic carbocycles. The van der Waals surface area contributed by atoms with Crippen LogP contribution in [0.5, 0.6) is 0 Å². The summed E-state index contributed by atoms with van der Waals surface area (Å²) in [6.07, 6.45) is 16.9. The normalized spacial score (nSPS) is 15.1. The van der Waals surface area contributed by atoms with Crippen molar-refractivity contribution in [2.45, 2.75) is 144 Å². The highest BCUT2D eigenvalue weighted by Crippen LogP contribution is 2.31. The number of H-pyrrole nitrogens is 2. The molecular formula is C56H75N9. The highest BCUT2D eigenvalue weighted by molar-refractivity contribution is 5.87. The Kier molecular flexibility index (Phi) is 14.6. The fraction of sp³-hybridized carbons (Fsp3) is 0.446. The van der Waals surface area contributed by atoms with Crippen molar-refractivity contribution in [2.24, 2.45) is 9.98 Å². The predicted molar refractivity (Wildman–Crippen MR) is 276 cm³/mol. The van der Waals surface area contributed by atoms with Crippen molar-refractivity contribution in [1.29, 1.82) is 0 Å². The van der Waals surface area contributed by atoms with Crippen LogP contribution in [0.25, 0.3) is 27.6 Å². The monoisotopic (exact) mass is 874 g/mol. The second-order valence-electron chi connectivity index (χ2n) is 22.6. The first-order chi connectivity index (χ1) is 30.4. The minimum atomic E-state index is 0.170. The molecule has 0 aliphatic carbocycles. The van der Waals surface area contributed by atoms with E-state index in [1.54, 1.807) is 5.57 Å². The first-order valence-electron chi connectivity index (χ1n) is 23.3. The number of benzene rings is 1. The van der Waals surface area contributed by atoms with Gasteiger partial charge < -0.3 is 9.97 Å². The van der Waals surface area contributed by atoms with Gasteiger partial charge in [-0.25, -0.2) is 14.5 Å². The number of aromatic nitrogens is 6. The fourth-order valence-corrected chi connectivity index (χ4v) is 8.25. The molecule has 9 nitrogen and oxygen atoms in total. The Bertz CT molecular complexity index is 2770. The molecule has 0 fully saturated rings. The Hall–Kier alpha value is -5.67. The molecule has 0 bridgehead atoms. The van der Waals surface area contributed by atoms with Crippen LogP contribution in [0.1, 0.15) is 144 Å². The molecule has 0 atom stereocenters. The van der Waals surface area contributed by atoms with Gasteiger partial charge >= 0.3 is 0 Å². The maximum Gasteiger partial charge on any atom is 0.137 e. The van der Waals surface area contributed by atoms with Crippen molar-refractivity contribution in [3.8, 4) is 0 Å². The number of fused-ring (bicyclic) bond motifs is 4. The van der Waals surface area contributed by atoms with Gasteiger partial charge in [0.15, 0.2) is 0 Å². The van der Waals surface area contributed by atoms with Gasteiger partial charge in [-0.2, -0.15) is 5.10 Å². The van der Waals surface area contributed by atoms with Crippen LogP contribution in [0.2, 0.25) is 0 Å². The molecule has 7 aromatic rings. The molecule has 3 aliphatic heterocycles. The molecule has 3 aliphatic rings. The van der Waals surface area contributed by atoms with Gasteiger partial charge in [0, 0.05) is 83.9 Å². The number of aromatic amines is 2. The molecule has 2 N–H and O–H groups in total. The van der Waals surface area contributed by atoms with Gasteiger partial charge in [-0.1, -0.05) is 107 Å². The highest BCUT2D eigenvalue weighted by Gasteiger charge is 2.28. The van der Waals surface area contributed by atoms with E-state index >= 15 is 0 Å². The lowest BCUT2D eigenvalue weighted by Gasteiger charge is -2.38. The minimum Gasteiger partial charge on any atom is -0.346 e. The van der Waals surface area contributed by atoms with Gasteiger partial charge in [0.2, 0.25) is 0 Å². The van der Waals surface area contributed by atoms with Crippen molar-refractivity contribution >= 4 is 40.0 Å². The van der Waals surface area contributed by atoms with E-state index in [1.807, 2.05) is 60.0 Å². The minimum absolute atomic E-state index is 0.170. The number of hydrogen-bond acceptors (Lipinski definition) is 6. The van der Waals surface area contributed by atoms with Crippen molar-refractivity contribution in [3.63, 3.8) is 0 Å². The van der Waals surface area contributed by atoms with Gasteiger partial charge in [0.1, 0.15) is 11.3 Å². The maximum absolute atomic E-state index is 4.35. The third kappa shape index (κ3) is 12.4. The summed E-state index contributed by atoms with van der Waals surface area (Å²) in [5.74, 6) is 0. The van der Waals surface area contributed by atoms with E-state index in [0.717, 1.165) is 30.9 Å². The van der Waals surface area contributed by atoms with E-state index in [4.69, 9.17) is 0 Å². The third-order valence-corrected chi connectivity index (χ3v) is 12.2. The van der Waals surface area contributed by atoms with Crippen molar-refractivity contribution in [3.05, 3.63) is 142 Å². The van der Waals surface area contributed by atoms with Crippen LogP contribution in [0.15, 0.2) is 119 Å². The van der Waals surface area contributed by atoms with Gasteiger partial charge in [-0.05, 0) is 119 Å². The number of rotatable bonds is 0. The average molecular weight is 874 g/mol. The van der Waals surface area contributed by atoms with Crippen LogP contribution in [0.4, 0.5) is 0 Å². The lowest BCUT2D eigenvalue weighted by Crippen LogP contribution is -2.45.